The molecule has 2 nitrogen and oxygen atoms in total. The van der Waals surface area contributed by atoms with Crippen molar-refractivity contribution in [2.24, 2.45) is 5.41 Å². The van der Waals surface area contributed by atoms with Gasteiger partial charge in [-0.15, -0.1) is 0 Å². The van der Waals surface area contributed by atoms with Gasteiger partial charge >= 0.3 is 0 Å². The zero-order valence-electron chi connectivity index (χ0n) is 12.3. The molecule has 1 aromatic rings. The minimum absolute atomic E-state index is 0.00589. The first kappa shape index (κ1) is 15.6. The second kappa shape index (κ2) is 6.67. The molecule has 1 aromatic carbocycles. The molecule has 0 unspecified atom stereocenters. The van der Waals surface area contributed by atoms with Crippen LogP contribution in [0.3, 0.4) is 0 Å². The number of carbonyl (C=O) groups excluding carboxylic acids is 1. The number of carbonyl (C=O) groups is 1. The second-order valence-corrected chi connectivity index (χ2v) is 6.06. The average molecular weight is 260 g/mol. The standard InChI is InChI=1S/C17H24O2/c1-13(2)10-15(18)11-16(19)17(3,4)12-14-8-6-5-7-9-14/h5-10,16,19H,11-12H2,1-4H3/t16-/m0/s1. The minimum atomic E-state index is -0.629. The number of hydrogen-bond donors (Lipinski definition) is 1. The van der Waals surface area contributed by atoms with Crippen LogP contribution in [0.15, 0.2) is 42.0 Å². The van der Waals surface area contributed by atoms with Gasteiger partial charge in [-0.05, 0) is 37.3 Å². The molecule has 1 atom stereocenters. The maximum atomic E-state index is 11.7. The third-order valence-electron chi connectivity index (χ3n) is 3.25. The van der Waals surface area contributed by atoms with Gasteiger partial charge in [0.2, 0.25) is 0 Å². The Morgan fingerprint density at radius 2 is 1.84 bits per heavy atom. The number of aliphatic hydroxyl groups excluding tert-OH is 1. The van der Waals surface area contributed by atoms with Crippen LogP contribution in [0.1, 0.15) is 39.7 Å². The van der Waals surface area contributed by atoms with E-state index in [-0.39, 0.29) is 17.6 Å². The van der Waals surface area contributed by atoms with E-state index in [1.165, 1.54) is 5.56 Å². The molecule has 0 saturated heterocycles. The largest absolute Gasteiger partial charge is 0.392 e. The highest BCUT2D eigenvalue weighted by Crippen LogP contribution is 2.28. The number of allylic oxidation sites excluding steroid dienone is 2. The first-order chi connectivity index (χ1) is 8.81. The van der Waals surface area contributed by atoms with Crippen molar-refractivity contribution in [1.82, 2.24) is 0 Å². The molecule has 0 fully saturated rings. The molecule has 0 aromatic heterocycles. The van der Waals surface area contributed by atoms with Crippen LogP contribution in [0.4, 0.5) is 0 Å². The van der Waals surface area contributed by atoms with E-state index in [1.807, 2.05) is 58.0 Å². The predicted octanol–water partition coefficient (Wildman–Crippen LogP) is 3.54. The molecule has 0 radical (unpaired) electrons. The summed E-state index contributed by atoms with van der Waals surface area (Å²) in [6.45, 7) is 7.78. The summed E-state index contributed by atoms with van der Waals surface area (Å²) in [5.41, 5.74) is 1.84. The van der Waals surface area contributed by atoms with Crippen LogP contribution < -0.4 is 0 Å². The van der Waals surface area contributed by atoms with Gasteiger partial charge in [0.05, 0.1) is 6.10 Å². The Morgan fingerprint density at radius 3 is 2.37 bits per heavy atom. The summed E-state index contributed by atoms with van der Waals surface area (Å²) in [6, 6.07) is 10.1. The number of ketones is 1. The maximum absolute atomic E-state index is 11.7. The molecule has 1 N–H and O–H groups in total. The van der Waals surface area contributed by atoms with Crippen LogP contribution in [0.2, 0.25) is 0 Å². The highest BCUT2D eigenvalue weighted by Gasteiger charge is 2.29. The van der Waals surface area contributed by atoms with Crippen molar-refractivity contribution in [2.75, 3.05) is 0 Å². The van der Waals surface area contributed by atoms with Crippen molar-refractivity contribution < 1.29 is 9.90 Å². The molecule has 0 saturated carbocycles. The summed E-state index contributed by atoms with van der Waals surface area (Å²) in [7, 11) is 0. The smallest absolute Gasteiger partial charge is 0.158 e. The Balaban J connectivity index is 2.66. The molecular weight excluding hydrogens is 236 g/mol. The molecule has 0 aliphatic rings. The average Bonchev–Trinajstić information content (AvgIpc) is 2.28. The molecule has 0 bridgehead atoms. The van der Waals surface area contributed by atoms with Gasteiger partial charge in [0.25, 0.3) is 0 Å². The van der Waals surface area contributed by atoms with Crippen LogP contribution in [0, 0.1) is 5.41 Å². The molecule has 1 rings (SSSR count). The van der Waals surface area contributed by atoms with Crippen LogP contribution in [-0.4, -0.2) is 17.0 Å². The zero-order valence-corrected chi connectivity index (χ0v) is 12.3. The fourth-order valence-corrected chi connectivity index (χ4v) is 2.09. The van der Waals surface area contributed by atoms with Gasteiger partial charge in [0.15, 0.2) is 5.78 Å². The molecule has 2 heteroatoms. The van der Waals surface area contributed by atoms with Crippen LogP contribution in [0.25, 0.3) is 0 Å². The Bertz CT molecular complexity index is 440. The molecular formula is C17H24O2. The molecule has 0 amide bonds. The number of rotatable bonds is 6. The Kier molecular flexibility index (Phi) is 5.49. The van der Waals surface area contributed by atoms with Gasteiger partial charge < -0.3 is 5.11 Å². The second-order valence-electron chi connectivity index (χ2n) is 6.06. The quantitative estimate of drug-likeness (QED) is 0.794. The van der Waals surface area contributed by atoms with Gasteiger partial charge in [0, 0.05) is 6.42 Å². The maximum Gasteiger partial charge on any atom is 0.158 e. The van der Waals surface area contributed by atoms with E-state index in [4.69, 9.17) is 0 Å². The van der Waals surface area contributed by atoms with E-state index in [1.54, 1.807) is 6.08 Å². The zero-order chi connectivity index (χ0) is 14.5. The first-order valence-corrected chi connectivity index (χ1v) is 6.71. The van der Waals surface area contributed by atoms with Gasteiger partial charge in [-0.2, -0.15) is 0 Å². The fraction of sp³-hybridized carbons (Fsp3) is 0.471. The van der Waals surface area contributed by atoms with Crippen molar-refractivity contribution in [3.05, 3.63) is 47.5 Å². The van der Waals surface area contributed by atoms with E-state index in [9.17, 15) is 9.90 Å². The summed E-state index contributed by atoms with van der Waals surface area (Å²) >= 11 is 0. The van der Waals surface area contributed by atoms with Gasteiger partial charge in [0.1, 0.15) is 0 Å². The third-order valence-corrected chi connectivity index (χ3v) is 3.25. The van der Waals surface area contributed by atoms with Gasteiger partial charge in [-0.1, -0.05) is 49.8 Å². The van der Waals surface area contributed by atoms with Crippen molar-refractivity contribution in [3.63, 3.8) is 0 Å². The summed E-state index contributed by atoms with van der Waals surface area (Å²) in [4.78, 5) is 11.7. The molecule has 19 heavy (non-hydrogen) atoms. The normalized spacial score (nSPS) is 12.9. The summed E-state index contributed by atoms with van der Waals surface area (Å²) < 4.78 is 0. The Labute approximate surface area is 116 Å². The van der Waals surface area contributed by atoms with Crippen molar-refractivity contribution in [1.29, 1.82) is 0 Å². The van der Waals surface area contributed by atoms with E-state index < -0.39 is 6.10 Å². The number of benzene rings is 1. The molecule has 0 heterocycles. The molecule has 104 valence electrons. The predicted molar refractivity (Wildman–Crippen MR) is 79.0 cm³/mol. The SMILES string of the molecule is CC(C)=CC(=O)C[C@H](O)C(C)(C)Cc1ccccc1. The Hall–Kier alpha value is -1.41. The first-order valence-electron chi connectivity index (χ1n) is 6.71. The van der Waals surface area contributed by atoms with E-state index >= 15 is 0 Å². The number of hydrogen-bond acceptors (Lipinski definition) is 2. The summed E-state index contributed by atoms with van der Waals surface area (Å²) in [6.07, 6.45) is 1.92. The lowest BCUT2D eigenvalue weighted by Gasteiger charge is -2.30. The van der Waals surface area contributed by atoms with Crippen molar-refractivity contribution in [2.45, 2.75) is 46.6 Å². The van der Waals surface area contributed by atoms with E-state index in [0.717, 1.165) is 12.0 Å². The monoisotopic (exact) mass is 260 g/mol. The molecule has 0 aliphatic heterocycles. The Morgan fingerprint density at radius 1 is 1.26 bits per heavy atom. The van der Waals surface area contributed by atoms with Gasteiger partial charge in [-0.3, -0.25) is 4.79 Å². The van der Waals surface area contributed by atoms with Crippen LogP contribution in [-0.2, 0) is 11.2 Å². The lowest BCUT2D eigenvalue weighted by atomic mass is 9.78. The fourth-order valence-electron chi connectivity index (χ4n) is 2.09. The van der Waals surface area contributed by atoms with Crippen LogP contribution >= 0.6 is 0 Å². The van der Waals surface area contributed by atoms with Gasteiger partial charge in [-0.25, -0.2) is 0 Å². The lowest BCUT2D eigenvalue weighted by molar-refractivity contribution is -0.118. The lowest BCUT2D eigenvalue weighted by Crippen LogP contribution is -2.33. The molecule has 0 aliphatic carbocycles. The highest BCUT2D eigenvalue weighted by molar-refractivity contribution is 5.90. The molecule has 0 spiro atoms. The summed E-state index contributed by atoms with van der Waals surface area (Å²) in [5.74, 6) is -0.00589. The number of aliphatic hydroxyl groups is 1. The van der Waals surface area contributed by atoms with E-state index in [0.29, 0.717) is 0 Å². The minimum Gasteiger partial charge on any atom is -0.392 e. The van der Waals surface area contributed by atoms with Crippen molar-refractivity contribution >= 4 is 5.78 Å². The van der Waals surface area contributed by atoms with Crippen LogP contribution in [0.5, 0.6) is 0 Å². The third kappa shape index (κ3) is 5.39. The summed E-state index contributed by atoms with van der Waals surface area (Å²) in [5, 5.41) is 10.3. The topological polar surface area (TPSA) is 37.3 Å². The van der Waals surface area contributed by atoms with Crippen molar-refractivity contribution in [3.8, 4) is 0 Å². The highest BCUT2D eigenvalue weighted by atomic mass is 16.3. The van der Waals surface area contributed by atoms with E-state index in [2.05, 4.69) is 0 Å².